The largest absolute Gasteiger partial charge is 0.457 e. The maximum absolute atomic E-state index is 10.7. The molecule has 0 amide bonds. The van der Waals surface area contributed by atoms with Crippen molar-refractivity contribution in [3.8, 4) is 0 Å². The molecule has 0 radical (unpaired) electrons. The molecular weight excluding hydrogens is 176 g/mol. The quantitative estimate of drug-likeness (QED) is 0.466. The zero-order chi connectivity index (χ0) is 9.40. The molecule has 0 aliphatic carbocycles. The minimum Gasteiger partial charge on any atom is -0.457 e. The third-order valence-electron chi connectivity index (χ3n) is 1.04. The topological polar surface area (TPSA) is 84.1 Å². The Kier molecular flexibility index (Phi) is 9.98. The number of carbonyl (C=O) groups excluding carboxylic acids is 2. The first-order valence-electron chi connectivity index (χ1n) is 4.06. The van der Waals surface area contributed by atoms with E-state index in [4.69, 9.17) is 0 Å². The molecule has 78 valence electrons. The summed E-state index contributed by atoms with van der Waals surface area (Å²) in [4.78, 5) is 21.4. The Hall–Kier alpha value is -1.10. The maximum atomic E-state index is 10.7. The van der Waals surface area contributed by atoms with E-state index >= 15 is 0 Å². The van der Waals surface area contributed by atoms with Gasteiger partial charge in [0.2, 0.25) is 0 Å². The lowest BCUT2D eigenvalue weighted by atomic mass is 10.5. The fourth-order valence-electron chi connectivity index (χ4n) is 0.507. The summed E-state index contributed by atoms with van der Waals surface area (Å²) < 4.78 is 9.07. The van der Waals surface area contributed by atoms with Crippen molar-refractivity contribution in [1.29, 1.82) is 0 Å². The van der Waals surface area contributed by atoms with Gasteiger partial charge in [-0.1, -0.05) is 13.8 Å². The third kappa shape index (κ3) is 7.27. The van der Waals surface area contributed by atoms with E-state index in [0.717, 1.165) is 0 Å². The molecule has 5 heteroatoms. The molecule has 0 atom stereocenters. The predicted molar refractivity (Wildman–Crippen MR) is 46.1 cm³/mol. The van der Waals surface area contributed by atoms with Gasteiger partial charge in [0, 0.05) is 0 Å². The molecule has 0 aliphatic heterocycles. The van der Waals surface area contributed by atoms with Crippen LogP contribution >= 0.6 is 0 Å². The Morgan fingerprint density at radius 3 is 1.46 bits per heavy atom. The molecule has 0 saturated carbocycles. The lowest BCUT2D eigenvalue weighted by Crippen LogP contribution is -2.20. The number of hydrogen-bond acceptors (Lipinski definition) is 4. The van der Waals surface area contributed by atoms with Gasteiger partial charge in [-0.15, -0.1) is 0 Å². The van der Waals surface area contributed by atoms with E-state index in [9.17, 15) is 9.59 Å². The van der Waals surface area contributed by atoms with Crippen LogP contribution in [0.25, 0.3) is 0 Å². The SMILES string of the molecule is CCCOC(=O)C(=O)OCCC.O. The van der Waals surface area contributed by atoms with Crippen LogP contribution in [-0.4, -0.2) is 30.6 Å². The van der Waals surface area contributed by atoms with Crippen molar-refractivity contribution in [2.24, 2.45) is 0 Å². The summed E-state index contributed by atoms with van der Waals surface area (Å²) in [5, 5.41) is 0. The van der Waals surface area contributed by atoms with Crippen molar-refractivity contribution < 1.29 is 24.5 Å². The molecule has 0 aliphatic rings. The van der Waals surface area contributed by atoms with Crippen molar-refractivity contribution in [1.82, 2.24) is 0 Å². The van der Waals surface area contributed by atoms with Gasteiger partial charge in [-0.25, -0.2) is 9.59 Å². The van der Waals surface area contributed by atoms with Crippen LogP contribution in [0.15, 0.2) is 0 Å². The number of hydrogen-bond donors (Lipinski definition) is 0. The first-order valence-corrected chi connectivity index (χ1v) is 4.06. The fraction of sp³-hybridized carbons (Fsp3) is 0.750. The summed E-state index contributed by atoms with van der Waals surface area (Å²) in [5.74, 6) is -1.80. The highest BCUT2D eigenvalue weighted by molar-refractivity contribution is 6.29. The lowest BCUT2D eigenvalue weighted by molar-refractivity contribution is -0.167. The Morgan fingerprint density at radius 2 is 1.23 bits per heavy atom. The first-order chi connectivity index (χ1) is 5.72. The van der Waals surface area contributed by atoms with Crippen molar-refractivity contribution in [3.63, 3.8) is 0 Å². The van der Waals surface area contributed by atoms with E-state index in [-0.39, 0.29) is 18.7 Å². The molecule has 0 aromatic carbocycles. The molecule has 0 rings (SSSR count). The number of rotatable bonds is 4. The van der Waals surface area contributed by atoms with E-state index in [2.05, 4.69) is 9.47 Å². The standard InChI is InChI=1S/C8H14O4.H2O/c1-3-5-11-7(9)8(10)12-6-4-2;/h3-6H2,1-2H3;1H2. The fourth-order valence-corrected chi connectivity index (χ4v) is 0.507. The van der Waals surface area contributed by atoms with Gasteiger partial charge in [0.1, 0.15) is 0 Å². The van der Waals surface area contributed by atoms with E-state index in [0.29, 0.717) is 12.8 Å². The minimum atomic E-state index is -0.898. The molecule has 0 heterocycles. The summed E-state index contributed by atoms with van der Waals surface area (Å²) in [5.41, 5.74) is 0. The summed E-state index contributed by atoms with van der Waals surface area (Å²) in [6.45, 7) is 4.23. The van der Waals surface area contributed by atoms with Crippen LogP contribution in [0.4, 0.5) is 0 Å². The second-order valence-corrected chi connectivity index (χ2v) is 2.27. The molecule has 2 N–H and O–H groups in total. The summed E-state index contributed by atoms with van der Waals surface area (Å²) in [7, 11) is 0. The van der Waals surface area contributed by atoms with Crippen LogP contribution < -0.4 is 0 Å². The van der Waals surface area contributed by atoms with Gasteiger partial charge < -0.3 is 14.9 Å². The van der Waals surface area contributed by atoms with Crippen LogP contribution in [-0.2, 0) is 19.1 Å². The highest BCUT2D eigenvalue weighted by Crippen LogP contribution is 1.88. The predicted octanol–water partition coefficient (Wildman–Crippen LogP) is 0.0681. The summed E-state index contributed by atoms with van der Waals surface area (Å²) >= 11 is 0. The molecule has 13 heavy (non-hydrogen) atoms. The smallest absolute Gasteiger partial charge is 0.417 e. The molecule has 0 unspecified atom stereocenters. The van der Waals surface area contributed by atoms with Crippen molar-refractivity contribution in [3.05, 3.63) is 0 Å². The highest BCUT2D eigenvalue weighted by Gasteiger charge is 2.15. The van der Waals surface area contributed by atoms with Gasteiger partial charge in [-0.2, -0.15) is 0 Å². The van der Waals surface area contributed by atoms with Gasteiger partial charge >= 0.3 is 11.9 Å². The number of carbonyl (C=O) groups is 2. The normalized spacial score (nSPS) is 8.46. The van der Waals surface area contributed by atoms with Crippen LogP contribution in [0.3, 0.4) is 0 Å². The molecule has 0 bridgehead atoms. The van der Waals surface area contributed by atoms with Gasteiger partial charge in [0.05, 0.1) is 13.2 Å². The molecule has 0 aromatic rings. The van der Waals surface area contributed by atoms with Crippen LogP contribution in [0.5, 0.6) is 0 Å². The lowest BCUT2D eigenvalue weighted by Gasteiger charge is -2.02. The second-order valence-electron chi connectivity index (χ2n) is 2.27. The van der Waals surface area contributed by atoms with E-state index < -0.39 is 11.9 Å². The van der Waals surface area contributed by atoms with Crippen molar-refractivity contribution >= 4 is 11.9 Å². The Bertz CT molecular complexity index is 137. The monoisotopic (exact) mass is 192 g/mol. The van der Waals surface area contributed by atoms with E-state index in [1.165, 1.54) is 0 Å². The van der Waals surface area contributed by atoms with E-state index in [1.807, 2.05) is 13.8 Å². The zero-order valence-electron chi connectivity index (χ0n) is 7.96. The van der Waals surface area contributed by atoms with Gasteiger partial charge in [0.15, 0.2) is 0 Å². The Labute approximate surface area is 77.3 Å². The third-order valence-corrected chi connectivity index (χ3v) is 1.04. The average Bonchev–Trinajstić information content (AvgIpc) is 2.10. The Morgan fingerprint density at radius 1 is 0.923 bits per heavy atom. The second kappa shape index (κ2) is 8.99. The first kappa shape index (κ1) is 14.4. The summed E-state index contributed by atoms with van der Waals surface area (Å²) in [6, 6.07) is 0. The van der Waals surface area contributed by atoms with Gasteiger partial charge in [-0.3, -0.25) is 0 Å². The maximum Gasteiger partial charge on any atom is 0.417 e. The zero-order valence-corrected chi connectivity index (χ0v) is 7.96. The van der Waals surface area contributed by atoms with Gasteiger partial charge in [0.25, 0.3) is 0 Å². The molecular formula is C8H16O5. The summed E-state index contributed by atoms with van der Waals surface area (Å²) in [6.07, 6.45) is 1.40. The highest BCUT2D eigenvalue weighted by atomic mass is 16.6. The molecule has 0 fully saturated rings. The minimum absolute atomic E-state index is 0. The van der Waals surface area contributed by atoms with Crippen LogP contribution in [0.1, 0.15) is 26.7 Å². The number of esters is 2. The van der Waals surface area contributed by atoms with Gasteiger partial charge in [-0.05, 0) is 12.8 Å². The van der Waals surface area contributed by atoms with E-state index in [1.54, 1.807) is 0 Å². The molecule has 0 aromatic heterocycles. The van der Waals surface area contributed by atoms with Crippen molar-refractivity contribution in [2.75, 3.05) is 13.2 Å². The average molecular weight is 192 g/mol. The van der Waals surface area contributed by atoms with Crippen LogP contribution in [0, 0.1) is 0 Å². The molecule has 5 nitrogen and oxygen atoms in total. The van der Waals surface area contributed by atoms with Crippen molar-refractivity contribution in [2.45, 2.75) is 26.7 Å². The number of ether oxygens (including phenoxy) is 2. The van der Waals surface area contributed by atoms with Crippen LogP contribution in [0.2, 0.25) is 0 Å². The Balaban J connectivity index is 0. The molecule has 0 spiro atoms. The molecule has 0 saturated heterocycles.